The normalized spacial score (nSPS) is 13.7. The van der Waals surface area contributed by atoms with Crippen LogP contribution in [0.15, 0.2) is 54.6 Å². The van der Waals surface area contributed by atoms with Crippen LogP contribution in [0.2, 0.25) is 0 Å². The Balaban J connectivity index is 2.51. The van der Waals surface area contributed by atoms with E-state index < -0.39 is 35.1 Å². The summed E-state index contributed by atoms with van der Waals surface area (Å²) < 4.78 is 38.4. The molecule has 0 amide bonds. The molecular weight excluding hydrogens is 357 g/mol. The third-order valence-corrected chi connectivity index (χ3v) is 4.40. The lowest BCUT2D eigenvalue weighted by atomic mass is 9.76. The first-order chi connectivity index (χ1) is 12.7. The molecule has 0 aromatic heterocycles. The molecule has 142 valence electrons. The zero-order chi connectivity index (χ0) is 20.2. The molecule has 2 unspecified atom stereocenters. The third kappa shape index (κ3) is 4.70. The molecule has 0 saturated carbocycles. The van der Waals surface area contributed by atoms with Crippen LogP contribution in [0, 0.1) is 5.92 Å². The van der Waals surface area contributed by atoms with Crippen LogP contribution in [0.1, 0.15) is 47.7 Å². The van der Waals surface area contributed by atoms with Crippen LogP contribution in [-0.2, 0) is 15.8 Å². The molecule has 0 bridgehead atoms. The summed E-state index contributed by atoms with van der Waals surface area (Å²) in [5, 5.41) is 0. The van der Waals surface area contributed by atoms with Crippen LogP contribution < -0.4 is 0 Å². The highest BCUT2D eigenvalue weighted by Crippen LogP contribution is 2.34. The molecule has 0 saturated heterocycles. The van der Waals surface area contributed by atoms with Crippen molar-refractivity contribution in [3.63, 3.8) is 0 Å². The van der Waals surface area contributed by atoms with E-state index in [1.165, 1.54) is 6.92 Å². The fourth-order valence-electron chi connectivity index (χ4n) is 3.02. The zero-order valence-corrected chi connectivity index (χ0v) is 14.9. The van der Waals surface area contributed by atoms with Crippen LogP contribution >= 0.6 is 0 Å². The highest BCUT2D eigenvalue weighted by Gasteiger charge is 2.38. The van der Waals surface area contributed by atoms with Crippen LogP contribution in [0.4, 0.5) is 13.2 Å². The lowest BCUT2D eigenvalue weighted by Crippen LogP contribution is -2.33. The Bertz CT molecular complexity index is 824. The van der Waals surface area contributed by atoms with Gasteiger partial charge in [-0.3, -0.25) is 14.4 Å². The average molecular weight is 376 g/mol. The Labute approximate surface area is 155 Å². The van der Waals surface area contributed by atoms with Crippen molar-refractivity contribution < 1.29 is 27.6 Å². The number of hydrogen-bond donors (Lipinski definition) is 0. The Hall–Kier alpha value is -2.76. The van der Waals surface area contributed by atoms with E-state index in [0.29, 0.717) is 0 Å². The molecule has 0 fully saturated rings. The lowest BCUT2D eigenvalue weighted by Gasteiger charge is -2.24. The molecule has 6 heteroatoms. The minimum Gasteiger partial charge on any atom is -0.299 e. The van der Waals surface area contributed by atoms with Crippen LogP contribution in [-0.4, -0.2) is 17.3 Å². The predicted molar refractivity (Wildman–Crippen MR) is 94.4 cm³/mol. The van der Waals surface area contributed by atoms with E-state index in [4.69, 9.17) is 0 Å². The number of carbonyl (C=O) groups excluding carboxylic acids is 3. The summed E-state index contributed by atoms with van der Waals surface area (Å²) >= 11 is 0. The Morgan fingerprint density at radius 2 is 1.48 bits per heavy atom. The van der Waals surface area contributed by atoms with Crippen molar-refractivity contribution in [2.45, 2.75) is 32.4 Å². The molecule has 2 atom stereocenters. The molecule has 0 aliphatic heterocycles. The van der Waals surface area contributed by atoms with E-state index in [2.05, 4.69) is 0 Å². The summed E-state index contributed by atoms with van der Waals surface area (Å²) in [7, 11) is 0. The van der Waals surface area contributed by atoms with E-state index in [1.54, 1.807) is 37.3 Å². The maximum Gasteiger partial charge on any atom is 0.416 e. The summed E-state index contributed by atoms with van der Waals surface area (Å²) in [4.78, 5) is 37.7. The van der Waals surface area contributed by atoms with Crippen molar-refractivity contribution in [2.75, 3.05) is 0 Å². The first-order valence-corrected chi connectivity index (χ1v) is 8.46. The van der Waals surface area contributed by atoms with Crippen LogP contribution in [0.5, 0.6) is 0 Å². The van der Waals surface area contributed by atoms with Crippen molar-refractivity contribution >= 4 is 17.3 Å². The zero-order valence-electron chi connectivity index (χ0n) is 14.9. The average Bonchev–Trinajstić information content (AvgIpc) is 2.64. The molecule has 0 radical (unpaired) electrons. The molecule has 3 nitrogen and oxygen atoms in total. The predicted octanol–water partition coefficient (Wildman–Crippen LogP) is 4.86. The second-order valence-corrected chi connectivity index (χ2v) is 6.24. The lowest BCUT2D eigenvalue weighted by molar-refractivity contribution is -0.137. The first kappa shape index (κ1) is 20.6. The number of carbonyl (C=O) groups is 3. The summed E-state index contributed by atoms with van der Waals surface area (Å²) in [5.41, 5.74) is -0.361. The van der Waals surface area contributed by atoms with Crippen molar-refractivity contribution in [1.29, 1.82) is 0 Å². The number of Topliss-reactive ketones (excluding diaryl/α,β-unsaturated/α-hetero) is 3. The van der Waals surface area contributed by atoms with Gasteiger partial charge in [-0.05, 0) is 24.6 Å². The fourth-order valence-corrected chi connectivity index (χ4v) is 3.02. The summed E-state index contributed by atoms with van der Waals surface area (Å²) in [6.07, 6.45) is -4.46. The Morgan fingerprint density at radius 1 is 0.926 bits per heavy atom. The van der Waals surface area contributed by atoms with Gasteiger partial charge < -0.3 is 0 Å². The highest BCUT2D eigenvalue weighted by molar-refractivity contribution is 6.13. The van der Waals surface area contributed by atoms with Gasteiger partial charge in [-0.25, -0.2) is 0 Å². The molecule has 0 N–H and O–H groups in total. The Kier molecular flexibility index (Phi) is 6.31. The van der Waals surface area contributed by atoms with E-state index in [0.717, 1.165) is 24.3 Å². The summed E-state index contributed by atoms with van der Waals surface area (Å²) in [5.74, 6) is -3.80. The maximum absolute atomic E-state index is 12.9. The van der Waals surface area contributed by atoms with Gasteiger partial charge in [-0.15, -0.1) is 0 Å². The number of alkyl halides is 3. The first-order valence-electron chi connectivity index (χ1n) is 8.46. The Morgan fingerprint density at radius 3 is 1.93 bits per heavy atom. The minimum atomic E-state index is -4.51. The second-order valence-electron chi connectivity index (χ2n) is 6.24. The summed E-state index contributed by atoms with van der Waals surface area (Å²) in [6, 6.07) is 12.1. The number of ketones is 3. The third-order valence-electron chi connectivity index (χ3n) is 4.40. The smallest absolute Gasteiger partial charge is 0.299 e. The van der Waals surface area contributed by atoms with E-state index in [-0.39, 0.29) is 23.3 Å². The van der Waals surface area contributed by atoms with E-state index >= 15 is 0 Å². The van der Waals surface area contributed by atoms with Gasteiger partial charge in [0.2, 0.25) is 0 Å². The maximum atomic E-state index is 12.9. The molecule has 2 rings (SSSR count). The van der Waals surface area contributed by atoms with Gasteiger partial charge in [0.25, 0.3) is 0 Å². The fraction of sp³-hybridized carbons (Fsp3) is 0.286. The molecule has 0 aliphatic carbocycles. The number of hydrogen-bond acceptors (Lipinski definition) is 3. The number of benzene rings is 2. The molecule has 0 spiro atoms. The van der Waals surface area contributed by atoms with Crippen molar-refractivity contribution in [1.82, 2.24) is 0 Å². The van der Waals surface area contributed by atoms with Crippen molar-refractivity contribution in [3.8, 4) is 0 Å². The van der Waals surface area contributed by atoms with Crippen LogP contribution in [0.3, 0.4) is 0 Å². The molecule has 2 aromatic carbocycles. The van der Waals surface area contributed by atoms with Crippen molar-refractivity contribution in [2.24, 2.45) is 5.92 Å². The van der Waals surface area contributed by atoms with E-state index in [9.17, 15) is 27.6 Å². The minimum absolute atomic E-state index is 0.0531. The highest BCUT2D eigenvalue weighted by atomic mass is 19.4. The van der Waals surface area contributed by atoms with Gasteiger partial charge in [-0.1, -0.05) is 49.4 Å². The molecule has 2 aromatic rings. The quantitative estimate of drug-likeness (QED) is 0.512. The molecule has 0 aliphatic rings. The monoisotopic (exact) mass is 376 g/mol. The van der Waals surface area contributed by atoms with Crippen molar-refractivity contribution in [3.05, 3.63) is 71.3 Å². The molecule has 27 heavy (non-hydrogen) atoms. The van der Waals surface area contributed by atoms with Gasteiger partial charge >= 0.3 is 6.18 Å². The number of halogens is 3. The SMILES string of the molecule is CCC(=O)C(c1ccc(C(F)(F)F)cc1)C(C(C)=O)C(=O)c1ccccc1. The van der Waals surface area contributed by atoms with Gasteiger partial charge in [0.1, 0.15) is 11.6 Å². The van der Waals surface area contributed by atoms with Gasteiger partial charge in [0, 0.05) is 12.0 Å². The van der Waals surface area contributed by atoms with Gasteiger partial charge in [0.15, 0.2) is 5.78 Å². The van der Waals surface area contributed by atoms with E-state index in [1.807, 2.05) is 0 Å². The van der Waals surface area contributed by atoms with Gasteiger partial charge in [-0.2, -0.15) is 13.2 Å². The topological polar surface area (TPSA) is 51.2 Å². The molecule has 0 heterocycles. The number of rotatable bonds is 7. The largest absolute Gasteiger partial charge is 0.416 e. The standard InChI is InChI=1S/C21H19F3O3/c1-3-17(26)19(14-9-11-16(12-10-14)21(22,23)24)18(13(2)25)20(27)15-7-5-4-6-8-15/h4-12,18-19H,3H2,1-2H3. The molecular formula is C21H19F3O3. The van der Waals surface area contributed by atoms with Gasteiger partial charge in [0.05, 0.1) is 17.4 Å². The second kappa shape index (κ2) is 8.29. The summed E-state index contributed by atoms with van der Waals surface area (Å²) in [6.45, 7) is 2.80. The van der Waals surface area contributed by atoms with Crippen LogP contribution in [0.25, 0.3) is 0 Å².